The summed E-state index contributed by atoms with van der Waals surface area (Å²) in [7, 11) is -4.30. The van der Waals surface area contributed by atoms with Gasteiger partial charge in [-0.1, -0.05) is 12.1 Å². The molecule has 0 radical (unpaired) electrons. The van der Waals surface area contributed by atoms with E-state index in [1.165, 1.54) is 17.1 Å². The summed E-state index contributed by atoms with van der Waals surface area (Å²) in [4.78, 5) is -0.777. The summed E-state index contributed by atoms with van der Waals surface area (Å²) >= 11 is 0. The van der Waals surface area contributed by atoms with Crippen molar-refractivity contribution in [2.45, 2.75) is 17.5 Å². The predicted molar refractivity (Wildman–Crippen MR) is 95.7 cm³/mol. The highest BCUT2D eigenvalue weighted by molar-refractivity contribution is 7.92. The minimum atomic E-state index is -4.30. The summed E-state index contributed by atoms with van der Waals surface area (Å²) < 4.78 is 66.8. The number of para-hydroxylation sites is 2. The number of anilines is 1. The van der Waals surface area contributed by atoms with Crippen molar-refractivity contribution < 1.29 is 26.7 Å². The first-order valence-electron chi connectivity index (χ1n) is 8.29. The van der Waals surface area contributed by atoms with Crippen LogP contribution in [0.1, 0.15) is 0 Å². The molecule has 10 heteroatoms. The Labute approximate surface area is 159 Å². The van der Waals surface area contributed by atoms with E-state index in [2.05, 4.69) is 9.82 Å². The first-order chi connectivity index (χ1) is 13.4. The monoisotopic (exact) mass is 407 g/mol. The number of aromatic nitrogens is 2. The van der Waals surface area contributed by atoms with Gasteiger partial charge in [-0.3, -0.25) is 9.40 Å². The molecule has 0 saturated heterocycles. The number of nitrogens with one attached hydrogen (secondary N) is 1. The second-order valence-electron chi connectivity index (χ2n) is 6.13. The van der Waals surface area contributed by atoms with E-state index in [-0.39, 0.29) is 11.8 Å². The molecule has 3 aromatic rings. The number of hydrogen-bond acceptors (Lipinski definition) is 5. The number of fused-ring (bicyclic) bond motifs is 1. The van der Waals surface area contributed by atoms with E-state index in [4.69, 9.17) is 9.47 Å². The number of hydrogen-bond donors (Lipinski definition) is 1. The van der Waals surface area contributed by atoms with Crippen molar-refractivity contribution >= 4 is 15.7 Å². The Morgan fingerprint density at radius 1 is 1.18 bits per heavy atom. The molecule has 4 rings (SSSR count). The van der Waals surface area contributed by atoms with Gasteiger partial charge in [0.05, 0.1) is 18.4 Å². The zero-order chi connectivity index (χ0) is 19.7. The summed E-state index contributed by atoms with van der Waals surface area (Å²) in [5.74, 6) is -0.627. The van der Waals surface area contributed by atoms with E-state index in [1.54, 1.807) is 12.1 Å². The Morgan fingerprint density at radius 3 is 2.79 bits per heavy atom. The summed E-state index contributed by atoms with van der Waals surface area (Å²) in [6.07, 6.45) is 2.38. The molecule has 2 aromatic carbocycles. The molecule has 2 heterocycles. The second kappa shape index (κ2) is 7.12. The lowest BCUT2D eigenvalue weighted by molar-refractivity contribution is 0.0759. The molecule has 146 valence electrons. The van der Waals surface area contributed by atoms with Crippen molar-refractivity contribution in [1.82, 2.24) is 9.78 Å². The Morgan fingerprint density at radius 2 is 1.96 bits per heavy atom. The molecular weight excluding hydrogens is 392 g/mol. The van der Waals surface area contributed by atoms with Crippen molar-refractivity contribution in [3.63, 3.8) is 0 Å². The molecule has 0 spiro atoms. The lowest BCUT2D eigenvalue weighted by atomic mass is 10.2. The molecule has 0 aliphatic carbocycles. The second-order valence-corrected chi connectivity index (χ2v) is 7.78. The van der Waals surface area contributed by atoms with Crippen LogP contribution in [0, 0.1) is 11.6 Å². The number of benzene rings is 2. The number of nitrogens with zero attached hydrogens (tertiary/aromatic N) is 2. The van der Waals surface area contributed by atoms with Crippen LogP contribution in [0.2, 0.25) is 0 Å². The Balaban J connectivity index is 1.46. The minimum Gasteiger partial charge on any atom is -0.486 e. The third kappa shape index (κ3) is 3.77. The van der Waals surface area contributed by atoms with E-state index in [0.717, 1.165) is 12.1 Å². The molecule has 0 fully saturated rings. The fourth-order valence-corrected chi connectivity index (χ4v) is 3.89. The summed E-state index contributed by atoms with van der Waals surface area (Å²) in [5, 5.41) is 4.07. The fraction of sp³-hybridized carbons (Fsp3) is 0.167. The number of sulfonamides is 1. The average Bonchev–Trinajstić information content (AvgIpc) is 3.09. The van der Waals surface area contributed by atoms with Gasteiger partial charge >= 0.3 is 0 Å². The van der Waals surface area contributed by atoms with Gasteiger partial charge in [0.2, 0.25) is 0 Å². The fourth-order valence-electron chi connectivity index (χ4n) is 2.77. The van der Waals surface area contributed by atoms with E-state index in [1.807, 2.05) is 12.1 Å². The zero-order valence-corrected chi connectivity index (χ0v) is 15.2. The molecule has 7 nitrogen and oxygen atoms in total. The molecule has 1 aliphatic rings. The van der Waals surface area contributed by atoms with Gasteiger partial charge < -0.3 is 9.47 Å². The van der Waals surface area contributed by atoms with E-state index in [9.17, 15) is 17.2 Å². The lowest BCUT2D eigenvalue weighted by Gasteiger charge is -2.26. The Bertz CT molecular complexity index is 1120. The zero-order valence-electron chi connectivity index (χ0n) is 14.4. The maximum Gasteiger partial charge on any atom is 0.265 e. The summed E-state index contributed by atoms with van der Waals surface area (Å²) in [6.45, 7) is 0.622. The van der Waals surface area contributed by atoms with Crippen LogP contribution in [-0.2, 0) is 16.6 Å². The molecule has 0 saturated carbocycles. The van der Waals surface area contributed by atoms with Gasteiger partial charge in [0.15, 0.2) is 17.6 Å². The SMILES string of the molecule is O=S(=O)(Nc1cnn(CC2COc3ccccc3O2)c1)c1cc(F)ccc1F. The first kappa shape index (κ1) is 18.2. The Kier molecular flexibility index (Phi) is 4.63. The van der Waals surface area contributed by atoms with Crippen LogP contribution in [0.4, 0.5) is 14.5 Å². The van der Waals surface area contributed by atoms with Crippen LogP contribution in [0.5, 0.6) is 11.5 Å². The van der Waals surface area contributed by atoms with Gasteiger partial charge in [-0.05, 0) is 30.3 Å². The van der Waals surface area contributed by atoms with Crippen molar-refractivity contribution in [2.75, 3.05) is 11.3 Å². The standard InChI is InChI=1S/C18H15F2N3O4S/c19-12-5-6-15(20)18(7-12)28(24,25)22-13-8-21-23(9-13)10-14-11-26-16-3-1-2-4-17(16)27-14/h1-9,14,22H,10-11H2. The minimum absolute atomic E-state index is 0.112. The largest absolute Gasteiger partial charge is 0.486 e. The topological polar surface area (TPSA) is 82.5 Å². The molecule has 28 heavy (non-hydrogen) atoms. The first-order valence-corrected chi connectivity index (χ1v) is 9.78. The highest BCUT2D eigenvalue weighted by Gasteiger charge is 2.23. The van der Waals surface area contributed by atoms with E-state index < -0.39 is 26.6 Å². The van der Waals surface area contributed by atoms with Crippen molar-refractivity contribution in [3.8, 4) is 11.5 Å². The maximum absolute atomic E-state index is 13.8. The van der Waals surface area contributed by atoms with Crippen LogP contribution in [-0.4, -0.2) is 30.9 Å². The summed E-state index contributed by atoms with van der Waals surface area (Å²) in [5.41, 5.74) is 0.112. The van der Waals surface area contributed by atoms with Crippen molar-refractivity contribution in [1.29, 1.82) is 0 Å². The van der Waals surface area contributed by atoms with Gasteiger partial charge in [0, 0.05) is 6.20 Å². The number of halogens is 2. The van der Waals surface area contributed by atoms with Crippen LogP contribution < -0.4 is 14.2 Å². The van der Waals surface area contributed by atoms with Gasteiger partial charge in [-0.25, -0.2) is 17.2 Å². The van der Waals surface area contributed by atoms with Gasteiger partial charge in [-0.2, -0.15) is 5.10 Å². The normalized spacial score (nSPS) is 16.0. The molecule has 1 unspecified atom stereocenters. The van der Waals surface area contributed by atoms with Crippen molar-refractivity contribution in [2.24, 2.45) is 0 Å². The van der Waals surface area contributed by atoms with Gasteiger partial charge in [0.1, 0.15) is 23.1 Å². The van der Waals surface area contributed by atoms with Crippen LogP contribution >= 0.6 is 0 Å². The molecule has 1 aliphatic heterocycles. The van der Waals surface area contributed by atoms with Gasteiger partial charge in [-0.15, -0.1) is 0 Å². The lowest BCUT2D eigenvalue weighted by Crippen LogP contribution is -2.33. The van der Waals surface area contributed by atoms with Crippen LogP contribution in [0.15, 0.2) is 59.8 Å². The number of ether oxygens (including phenoxy) is 2. The van der Waals surface area contributed by atoms with Gasteiger partial charge in [0.25, 0.3) is 10.0 Å². The average molecular weight is 407 g/mol. The third-order valence-electron chi connectivity index (χ3n) is 4.03. The molecule has 0 bridgehead atoms. The molecular formula is C18H15F2N3O4S. The quantitative estimate of drug-likeness (QED) is 0.703. The molecule has 1 aromatic heterocycles. The van der Waals surface area contributed by atoms with Crippen molar-refractivity contribution in [3.05, 3.63) is 66.5 Å². The maximum atomic E-state index is 13.8. The van der Waals surface area contributed by atoms with E-state index in [0.29, 0.717) is 30.7 Å². The van der Waals surface area contributed by atoms with Crippen LogP contribution in [0.25, 0.3) is 0 Å². The highest BCUT2D eigenvalue weighted by atomic mass is 32.2. The smallest absolute Gasteiger partial charge is 0.265 e. The number of rotatable bonds is 5. The Hall–Kier alpha value is -3.14. The molecule has 1 atom stereocenters. The predicted octanol–water partition coefficient (Wildman–Crippen LogP) is 2.80. The molecule has 0 amide bonds. The molecule has 1 N–H and O–H groups in total. The third-order valence-corrected chi connectivity index (χ3v) is 5.42. The van der Waals surface area contributed by atoms with Crippen LogP contribution in [0.3, 0.4) is 0 Å². The van der Waals surface area contributed by atoms with E-state index >= 15 is 0 Å². The summed E-state index contributed by atoms with van der Waals surface area (Å²) in [6, 6.07) is 9.48. The highest BCUT2D eigenvalue weighted by Crippen LogP contribution is 2.31.